The van der Waals surface area contributed by atoms with Crippen molar-refractivity contribution in [3.05, 3.63) is 32.5 Å². The van der Waals surface area contributed by atoms with Gasteiger partial charge in [-0.05, 0) is 175 Å². The number of nitrogens with zero attached hydrogens (tertiary/aromatic N) is 2. The first-order chi connectivity index (χ1) is 31.6. The number of esters is 2. The summed E-state index contributed by atoms with van der Waals surface area (Å²) in [6, 6.07) is 0. The average molecular weight is 1630 g/mol. The van der Waals surface area contributed by atoms with E-state index in [1.165, 1.54) is 32.6 Å². The van der Waals surface area contributed by atoms with Crippen molar-refractivity contribution in [2.24, 2.45) is 0 Å². The summed E-state index contributed by atoms with van der Waals surface area (Å²) in [6.07, 6.45) is -4.61. The molecule has 4 amide bonds. The molecule has 68 heavy (non-hydrogen) atoms. The highest BCUT2D eigenvalue weighted by Crippen LogP contribution is 2.43. The predicted octanol–water partition coefficient (Wildman–Crippen LogP) is 4.23. The molecule has 27 heteroatoms. The highest BCUT2D eigenvalue weighted by molar-refractivity contribution is 14.1. The monoisotopic (exact) mass is 1630 g/mol. The third-order valence-electron chi connectivity index (χ3n) is 9.19. The minimum absolute atomic E-state index is 0.0924. The SMILES string of the molecule is CC(=O)OCCC(=O)Nc1c(I)c(CCC(=O)O)c(I)c(N(CC2COC(C)(C)O2)C(=O)CCOC(C)=O)c1I.CC(O)C(=O)Nc1c(I)c(CO)c(I)c(N(CC(O)CO)C(=O)C(C)O)c1I. The van der Waals surface area contributed by atoms with Gasteiger partial charge >= 0.3 is 17.9 Å². The summed E-state index contributed by atoms with van der Waals surface area (Å²) in [7, 11) is 0. The molecule has 1 fully saturated rings. The van der Waals surface area contributed by atoms with Crippen LogP contribution in [-0.4, -0.2) is 142 Å². The Hall–Kier alpha value is -1.17. The van der Waals surface area contributed by atoms with Gasteiger partial charge in [-0.3, -0.25) is 33.6 Å². The minimum Gasteiger partial charge on any atom is -0.481 e. The van der Waals surface area contributed by atoms with Gasteiger partial charge in [0.05, 0.1) is 81.7 Å². The number of rotatable bonds is 21. The molecule has 3 rings (SSSR count). The molecule has 0 bridgehead atoms. The molecule has 1 saturated heterocycles. The Morgan fingerprint density at radius 1 is 0.735 bits per heavy atom. The molecule has 8 N–H and O–H groups in total. The number of hydrogen-bond acceptors (Lipinski definition) is 16. The van der Waals surface area contributed by atoms with E-state index in [0.717, 1.165) is 4.90 Å². The van der Waals surface area contributed by atoms with Crippen molar-refractivity contribution in [2.45, 2.75) is 104 Å². The topological polar surface area (TPSA) is 308 Å². The number of anilines is 4. The fourth-order valence-electron chi connectivity index (χ4n) is 5.98. The Labute approximate surface area is 474 Å². The van der Waals surface area contributed by atoms with Gasteiger partial charge in [0.25, 0.3) is 11.8 Å². The third kappa shape index (κ3) is 18.7. The van der Waals surface area contributed by atoms with Gasteiger partial charge in [0.15, 0.2) is 5.79 Å². The lowest BCUT2D eigenvalue weighted by Gasteiger charge is -2.30. The summed E-state index contributed by atoms with van der Waals surface area (Å²) in [5.74, 6) is -5.02. The van der Waals surface area contributed by atoms with Crippen LogP contribution in [0.25, 0.3) is 0 Å². The second-order valence-corrected chi connectivity index (χ2v) is 21.6. The lowest BCUT2D eigenvalue weighted by Crippen LogP contribution is -2.44. The highest BCUT2D eigenvalue weighted by Gasteiger charge is 2.37. The number of carboxylic acid groups (broad SMARTS) is 1. The Balaban J connectivity index is 0.000000498. The minimum atomic E-state index is -1.38. The van der Waals surface area contributed by atoms with Crippen LogP contribution in [0.1, 0.15) is 71.9 Å². The zero-order chi connectivity index (χ0) is 52.0. The second-order valence-electron chi connectivity index (χ2n) is 15.1. The first kappa shape index (κ1) is 62.9. The molecule has 1 aliphatic heterocycles. The number of nitrogens with one attached hydrogen (secondary N) is 2. The summed E-state index contributed by atoms with van der Waals surface area (Å²) in [5.41, 5.74) is 2.51. The van der Waals surface area contributed by atoms with Crippen molar-refractivity contribution in [3.63, 3.8) is 0 Å². The van der Waals surface area contributed by atoms with E-state index in [1.807, 2.05) is 90.4 Å². The van der Waals surface area contributed by atoms with Crippen molar-refractivity contribution in [3.8, 4) is 0 Å². The summed E-state index contributed by atoms with van der Waals surface area (Å²) < 4.78 is 24.8. The molecule has 380 valence electrons. The van der Waals surface area contributed by atoms with Gasteiger partial charge < -0.3 is 70.0 Å². The molecular weight excluding hydrogens is 1580 g/mol. The molecule has 4 atom stereocenters. The molecule has 2 aromatic carbocycles. The molecule has 0 aliphatic carbocycles. The summed E-state index contributed by atoms with van der Waals surface area (Å²) in [4.78, 5) is 87.4. The smallest absolute Gasteiger partial charge is 0.303 e. The van der Waals surface area contributed by atoms with Crippen LogP contribution in [0.2, 0.25) is 0 Å². The summed E-state index contributed by atoms with van der Waals surface area (Å²) >= 11 is 12.0. The van der Waals surface area contributed by atoms with Crippen LogP contribution in [0.4, 0.5) is 22.7 Å². The molecule has 1 aliphatic rings. The lowest BCUT2D eigenvalue weighted by molar-refractivity contribution is -0.143. The first-order valence-corrected chi connectivity index (χ1v) is 26.7. The quantitative estimate of drug-likeness (QED) is 0.0641. The van der Waals surface area contributed by atoms with Gasteiger partial charge in [0, 0.05) is 40.1 Å². The Morgan fingerprint density at radius 3 is 1.72 bits per heavy atom. The Morgan fingerprint density at radius 2 is 1.25 bits per heavy atom. The second kappa shape index (κ2) is 29.5. The van der Waals surface area contributed by atoms with Crippen molar-refractivity contribution in [1.82, 2.24) is 0 Å². The molecular formula is C41H52I6N4O17. The van der Waals surface area contributed by atoms with Gasteiger partial charge in [-0.25, -0.2) is 0 Å². The molecule has 21 nitrogen and oxygen atoms in total. The fourth-order valence-corrected chi connectivity index (χ4v) is 14.9. The lowest BCUT2D eigenvalue weighted by atomic mass is 10.1. The van der Waals surface area contributed by atoms with Gasteiger partial charge in [-0.2, -0.15) is 0 Å². The third-order valence-corrected chi connectivity index (χ3v) is 16.0. The van der Waals surface area contributed by atoms with Crippen LogP contribution >= 0.6 is 136 Å². The van der Waals surface area contributed by atoms with Crippen molar-refractivity contribution in [1.29, 1.82) is 0 Å². The van der Waals surface area contributed by atoms with E-state index < -0.39 is 79.0 Å². The number of carbonyl (C=O) groups is 7. The van der Waals surface area contributed by atoms with E-state index in [1.54, 1.807) is 13.8 Å². The fraction of sp³-hybridized carbons (Fsp3) is 0.537. The number of carboxylic acids is 1. The van der Waals surface area contributed by atoms with Crippen LogP contribution in [-0.2, 0) is 65.5 Å². The molecule has 1 heterocycles. The summed E-state index contributed by atoms with van der Waals surface area (Å²) in [5, 5.41) is 63.0. The molecule has 0 radical (unpaired) electrons. The molecule has 4 unspecified atom stereocenters. The number of aliphatic hydroxyl groups excluding tert-OH is 5. The molecule has 0 saturated carbocycles. The van der Waals surface area contributed by atoms with E-state index in [4.69, 9.17) is 18.9 Å². The largest absolute Gasteiger partial charge is 0.481 e. The number of halogens is 6. The normalized spacial score (nSPS) is 15.2. The predicted molar refractivity (Wildman–Crippen MR) is 297 cm³/mol. The van der Waals surface area contributed by atoms with E-state index in [0.29, 0.717) is 43.9 Å². The van der Waals surface area contributed by atoms with Crippen molar-refractivity contribution in [2.75, 3.05) is 60.0 Å². The van der Waals surface area contributed by atoms with Gasteiger partial charge in [0.1, 0.15) is 31.5 Å². The van der Waals surface area contributed by atoms with Crippen LogP contribution in [0.5, 0.6) is 0 Å². The molecule has 0 spiro atoms. The number of ether oxygens (including phenoxy) is 4. The zero-order valence-electron chi connectivity index (χ0n) is 37.4. The Kier molecular flexibility index (Phi) is 27.3. The van der Waals surface area contributed by atoms with Crippen molar-refractivity contribution >= 4 is 200 Å². The Bertz CT molecular complexity index is 2200. The summed E-state index contributed by atoms with van der Waals surface area (Å²) in [6.45, 7) is 7.44. The standard InChI is InChI=1S/C25H31I3N2O10.C16H21I3N2O7/c1-13(31)37-9-7-17(33)29-23-20(26)16(5-6-19(35)36)21(27)24(22(23)28)30(18(34)8-10-38-14(2)32)11-15-12-39-25(3,4)40-15;1-6(24)15(27)20-13-10(17)9(5-23)11(18)14(12(13)19)21(3-8(26)4-22)16(28)7(2)25/h15H,5-12H2,1-4H3,(H,29,33)(H,35,36);6-8,22-26H,3-5H2,1-2H3,(H,20,27). The number of amides is 4. The van der Waals surface area contributed by atoms with Crippen molar-refractivity contribution < 1.29 is 83.1 Å². The van der Waals surface area contributed by atoms with E-state index in [2.05, 4.69) is 55.8 Å². The maximum Gasteiger partial charge on any atom is 0.303 e. The molecule has 0 aromatic heterocycles. The first-order valence-electron chi connectivity index (χ1n) is 20.3. The van der Waals surface area contributed by atoms with Crippen LogP contribution in [0, 0.1) is 21.4 Å². The van der Waals surface area contributed by atoms with Gasteiger partial charge in [-0.1, -0.05) is 0 Å². The van der Waals surface area contributed by atoms with Gasteiger partial charge in [0.2, 0.25) is 11.8 Å². The number of aliphatic carboxylic acids is 1. The maximum absolute atomic E-state index is 13.6. The van der Waals surface area contributed by atoms with E-state index in [9.17, 15) is 64.2 Å². The van der Waals surface area contributed by atoms with Crippen LogP contribution in [0.15, 0.2) is 0 Å². The molecule has 2 aromatic rings. The van der Waals surface area contributed by atoms with E-state index >= 15 is 0 Å². The number of aliphatic hydroxyl groups is 5. The number of benzene rings is 2. The average Bonchev–Trinajstić information content (AvgIpc) is 3.59. The van der Waals surface area contributed by atoms with Gasteiger partial charge in [-0.15, -0.1) is 0 Å². The number of carbonyl (C=O) groups excluding carboxylic acids is 6. The number of hydrogen-bond donors (Lipinski definition) is 8. The zero-order valence-corrected chi connectivity index (χ0v) is 50.4. The van der Waals surface area contributed by atoms with E-state index in [-0.39, 0.29) is 75.9 Å². The van der Waals surface area contributed by atoms with Crippen LogP contribution < -0.4 is 20.4 Å². The highest BCUT2D eigenvalue weighted by atomic mass is 127. The maximum atomic E-state index is 13.6. The van der Waals surface area contributed by atoms with Crippen LogP contribution in [0.3, 0.4) is 0 Å².